The molecule has 0 aliphatic carbocycles. The highest BCUT2D eigenvalue weighted by Gasteiger charge is 2.24. The number of ketones is 1. The van der Waals surface area contributed by atoms with Crippen LogP contribution in [0.1, 0.15) is 11.1 Å². The van der Waals surface area contributed by atoms with Gasteiger partial charge in [0.05, 0.1) is 13.1 Å². The lowest BCUT2D eigenvalue weighted by Crippen LogP contribution is -2.46. The van der Waals surface area contributed by atoms with Crippen LogP contribution in [0.15, 0.2) is 54.7 Å². The Hall–Kier alpha value is -3.22. The van der Waals surface area contributed by atoms with E-state index in [-0.39, 0.29) is 11.7 Å². The van der Waals surface area contributed by atoms with E-state index in [2.05, 4.69) is 22.2 Å². The van der Waals surface area contributed by atoms with E-state index in [1.807, 2.05) is 65.4 Å². The van der Waals surface area contributed by atoms with Gasteiger partial charge in [0.15, 0.2) is 5.78 Å². The van der Waals surface area contributed by atoms with Crippen LogP contribution in [0, 0.1) is 0 Å². The maximum atomic E-state index is 12.8. The number of benzene rings is 2. The molecule has 0 saturated carbocycles. The summed E-state index contributed by atoms with van der Waals surface area (Å²) in [5.41, 5.74) is 4.36. The predicted molar refractivity (Wildman–Crippen MR) is 124 cm³/mol. The molecule has 158 valence electrons. The summed E-state index contributed by atoms with van der Waals surface area (Å²) in [5, 5.41) is 3.97. The zero-order chi connectivity index (χ0) is 21.4. The molecule has 6 heteroatoms. The minimum atomic E-state index is -0.0934. The van der Waals surface area contributed by atoms with Gasteiger partial charge in [0.2, 0.25) is 0 Å². The summed E-state index contributed by atoms with van der Waals surface area (Å²) in [5.74, 6) is 0.109. The molecule has 3 heterocycles. The van der Waals surface area contributed by atoms with Crippen molar-refractivity contribution in [2.75, 3.05) is 45.1 Å². The van der Waals surface area contributed by atoms with E-state index in [0.29, 0.717) is 18.7 Å². The number of fused-ring (bicyclic) bond motifs is 2. The predicted octanol–water partition coefficient (Wildman–Crippen LogP) is 2.95. The Bertz CT molecular complexity index is 1190. The average Bonchev–Trinajstić information content (AvgIpc) is 3.27. The standard InChI is InChI=1S/C25H26N4O2/c1-27-10-12-28(13-11-27)16-19(30)17-29-15-18(20-6-3-5-9-24(20)29)14-22-21-7-2-4-8-23(21)26-25(22)31/h2-9,14-15H,10-13,16-17H2,1H3,(H,26,31). The zero-order valence-electron chi connectivity index (χ0n) is 17.7. The maximum Gasteiger partial charge on any atom is 0.256 e. The van der Waals surface area contributed by atoms with Gasteiger partial charge in [0, 0.05) is 65.7 Å². The van der Waals surface area contributed by atoms with E-state index in [9.17, 15) is 9.59 Å². The first-order valence-electron chi connectivity index (χ1n) is 10.7. The van der Waals surface area contributed by atoms with E-state index >= 15 is 0 Å². The molecule has 5 rings (SSSR count). The summed E-state index contributed by atoms with van der Waals surface area (Å²) < 4.78 is 2.01. The Morgan fingerprint density at radius 1 is 1.00 bits per heavy atom. The number of piperazine rings is 1. The number of anilines is 1. The molecule has 0 bridgehead atoms. The highest BCUT2D eigenvalue weighted by atomic mass is 16.2. The number of nitrogens with zero attached hydrogens (tertiary/aromatic N) is 3. The van der Waals surface area contributed by atoms with Crippen molar-refractivity contribution in [1.29, 1.82) is 0 Å². The van der Waals surface area contributed by atoms with Gasteiger partial charge in [0.25, 0.3) is 5.91 Å². The van der Waals surface area contributed by atoms with Crippen molar-refractivity contribution < 1.29 is 9.59 Å². The second-order valence-corrected chi connectivity index (χ2v) is 8.41. The lowest BCUT2D eigenvalue weighted by atomic mass is 10.0. The Morgan fingerprint density at radius 2 is 1.74 bits per heavy atom. The van der Waals surface area contributed by atoms with Crippen LogP contribution < -0.4 is 5.32 Å². The van der Waals surface area contributed by atoms with E-state index < -0.39 is 0 Å². The van der Waals surface area contributed by atoms with Crippen LogP contribution >= 0.6 is 0 Å². The van der Waals surface area contributed by atoms with Gasteiger partial charge in [-0.3, -0.25) is 14.5 Å². The molecular formula is C25H26N4O2. The molecule has 0 radical (unpaired) electrons. The van der Waals surface area contributed by atoms with Gasteiger partial charge in [-0.25, -0.2) is 0 Å². The van der Waals surface area contributed by atoms with Gasteiger partial charge in [-0.2, -0.15) is 0 Å². The molecule has 2 aliphatic heterocycles. The van der Waals surface area contributed by atoms with Gasteiger partial charge in [-0.15, -0.1) is 0 Å². The number of aromatic nitrogens is 1. The molecular weight excluding hydrogens is 388 g/mol. The van der Waals surface area contributed by atoms with Crippen LogP contribution in [0.5, 0.6) is 0 Å². The molecule has 3 aromatic rings. The van der Waals surface area contributed by atoms with Crippen LogP contribution in [-0.4, -0.2) is 65.8 Å². The van der Waals surface area contributed by atoms with Crippen LogP contribution in [0.25, 0.3) is 22.6 Å². The number of nitrogens with one attached hydrogen (secondary N) is 1. The molecule has 1 saturated heterocycles. The molecule has 31 heavy (non-hydrogen) atoms. The van der Waals surface area contributed by atoms with E-state index in [4.69, 9.17) is 0 Å². The third kappa shape index (κ3) is 3.92. The molecule has 6 nitrogen and oxygen atoms in total. The van der Waals surface area contributed by atoms with Gasteiger partial charge in [-0.1, -0.05) is 36.4 Å². The summed E-state index contributed by atoms with van der Waals surface area (Å²) >= 11 is 0. The molecule has 1 N–H and O–H groups in total. The normalized spacial score (nSPS) is 18.5. The van der Waals surface area contributed by atoms with Gasteiger partial charge in [-0.05, 0) is 25.3 Å². The van der Waals surface area contributed by atoms with Crippen molar-refractivity contribution in [3.8, 4) is 0 Å². The van der Waals surface area contributed by atoms with Crippen LogP contribution in [0.4, 0.5) is 5.69 Å². The Labute approximate surface area is 181 Å². The van der Waals surface area contributed by atoms with Crippen LogP contribution in [0.3, 0.4) is 0 Å². The Kier molecular flexibility index (Phi) is 5.18. The summed E-state index contributed by atoms with van der Waals surface area (Å²) in [6.07, 6.45) is 3.93. The van der Waals surface area contributed by atoms with Gasteiger partial charge < -0.3 is 14.8 Å². The molecule has 0 atom stereocenters. The first kappa shape index (κ1) is 19.7. The highest BCUT2D eigenvalue weighted by molar-refractivity contribution is 6.35. The monoisotopic (exact) mass is 414 g/mol. The fourth-order valence-corrected chi connectivity index (χ4v) is 4.45. The Balaban J connectivity index is 1.43. The smallest absolute Gasteiger partial charge is 0.256 e. The average molecular weight is 415 g/mol. The topological polar surface area (TPSA) is 57.6 Å². The lowest BCUT2D eigenvalue weighted by Gasteiger charge is -2.31. The number of carbonyl (C=O) groups excluding carboxylic acids is 2. The fourth-order valence-electron chi connectivity index (χ4n) is 4.45. The first-order valence-corrected chi connectivity index (χ1v) is 10.7. The number of carbonyl (C=O) groups is 2. The molecule has 1 amide bonds. The summed E-state index contributed by atoms with van der Waals surface area (Å²) in [6, 6.07) is 15.8. The largest absolute Gasteiger partial charge is 0.339 e. The molecule has 1 fully saturated rings. The van der Waals surface area contributed by atoms with E-state index in [1.165, 1.54) is 0 Å². The number of likely N-dealkylation sites (N-methyl/N-ethyl adjacent to an activating group) is 1. The van der Waals surface area contributed by atoms with Crippen molar-refractivity contribution in [2.24, 2.45) is 0 Å². The second-order valence-electron chi connectivity index (χ2n) is 8.41. The SMILES string of the molecule is CN1CCN(CC(=O)Cn2cc(C=C3C(=O)Nc4ccccc43)c3ccccc32)CC1. The minimum Gasteiger partial charge on any atom is -0.339 e. The third-order valence-electron chi connectivity index (χ3n) is 6.17. The van der Waals surface area contributed by atoms with Gasteiger partial charge >= 0.3 is 0 Å². The molecule has 0 unspecified atom stereocenters. The third-order valence-corrected chi connectivity index (χ3v) is 6.17. The number of hydrogen-bond donors (Lipinski definition) is 1. The minimum absolute atomic E-state index is 0.0934. The van der Waals surface area contributed by atoms with Crippen LogP contribution in [-0.2, 0) is 16.1 Å². The van der Waals surface area contributed by atoms with E-state index in [1.54, 1.807) is 0 Å². The highest BCUT2D eigenvalue weighted by Crippen LogP contribution is 2.34. The molecule has 2 aliphatic rings. The van der Waals surface area contributed by atoms with Crippen molar-refractivity contribution >= 4 is 39.9 Å². The van der Waals surface area contributed by atoms with Crippen molar-refractivity contribution in [2.45, 2.75) is 6.54 Å². The molecule has 1 aromatic heterocycles. The summed E-state index contributed by atoms with van der Waals surface area (Å²) in [7, 11) is 2.12. The van der Waals surface area contributed by atoms with Crippen molar-refractivity contribution in [3.05, 3.63) is 65.9 Å². The lowest BCUT2D eigenvalue weighted by molar-refractivity contribution is -0.121. The first-order chi connectivity index (χ1) is 15.1. The maximum absolute atomic E-state index is 12.8. The Morgan fingerprint density at radius 3 is 2.58 bits per heavy atom. The van der Waals surface area contributed by atoms with Crippen molar-refractivity contribution in [1.82, 2.24) is 14.4 Å². The van der Waals surface area contributed by atoms with Crippen molar-refractivity contribution in [3.63, 3.8) is 0 Å². The second kappa shape index (κ2) is 8.13. The summed E-state index contributed by atoms with van der Waals surface area (Å²) in [6.45, 7) is 4.68. The van der Waals surface area contributed by atoms with Gasteiger partial charge in [0.1, 0.15) is 0 Å². The van der Waals surface area contributed by atoms with E-state index in [0.717, 1.165) is 53.9 Å². The molecule has 2 aromatic carbocycles. The number of hydrogen-bond acceptors (Lipinski definition) is 4. The number of rotatable bonds is 5. The molecule has 0 spiro atoms. The fraction of sp³-hybridized carbons (Fsp3) is 0.280. The number of amides is 1. The number of para-hydroxylation sites is 2. The quantitative estimate of drug-likeness (QED) is 0.653. The number of Topliss-reactive ketones (excluding diaryl/α,β-unsaturated/α-hetero) is 1. The zero-order valence-corrected chi connectivity index (χ0v) is 17.7. The summed E-state index contributed by atoms with van der Waals surface area (Å²) in [4.78, 5) is 29.9. The van der Waals surface area contributed by atoms with Crippen LogP contribution in [0.2, 0.25) is 0 Å².